The fourth-order valence-electron chi connectivity index (χ4n) is 3.82. The minimum atomic E-state index is -1.27. The lowest BCUT2D eigenvalue weighted by Crippen LogP contribution is -2.58. The predicted octanol–water partition coefficient (Wildman–Crippen LogP) is -0.463. The summed E-state index contributed by atoms with van der Waals surface area (Å²) in [7, 11) is 0. The highest BCUT2D eigenvalue weighted by Crippen LogP contribution is 2.19. The Balaban J connectivity index is 1.87. The van der Waals surface area contributed by atoms with Crippen LogP contribution < -0.4 is 21.7 Å². The van der Waals surface area contributed by atoms with Crippen LogP contribution in [-0.4, -0.2) is 74.8 Å². The van der Waals surface area contributed by atoms with Crippen LogP contribution in [0.1, 0.15) is 18.1 Å². The number of nitrogens with one attached hydrogen (secondary N) is 4. The number of amides is 3. The lowest BCUT2D eigenvalue weighted by atomic mass is 10.0. The molecule has 3 rings (SSSR count). The highest BCUT2D eigenvalue weighted by molar-refractivity contribution is 5.95. The van der Waals surface area contributed by atoms with E-state index in [9.17, 15) is 34.5 Å². The molecule has 12 heteroatoms. The maximum atomic E-state index is 13.4. The van der Waals surface area contributed by atoms with Crippen LogP contribution in [0.15, 0.2) is 54.7 Å². The second-order valence-corrected chi connectivity index (χ2v) is 8.91. The summed E-state index contributed by atoms with van der Waals surface area (Å²) in [5.41, 5.74) is 7.73. The molecule has 0 radical (unpaired) electrons. The number of hydrogen-bond acceptors (Lipinski definition) is 7. The van der Waals surface area contributed by atoms with Gasteiger partial charge in [0.25, 0.3) is 0 Å². The van der Waals surface area contributed by atoms with Gasteiger partial charge in [-0.1, -0.05) is 30.3 Å². The van der Waals surface area contributed by atoms with Gasteiger partial charge in [-0.2, -0.15) is 0 Å². The van der Waals surface area contributed by atoms with Gasteiger partial charge in [0, 0.05) is 29.9 Å². The van der Waals surface area contributed by atoms with Crippen molar-refractivity contribution in [1.82, 2.24) is 20.9 Å². The maximum Gasteiger partial charge on any atom is 0.325 e. The van der Waals surface area contributed by atoms with Gasteiger partial charge in [-0.3, -0.25) is 19.2 Å². The molecule has 4 atom stereocenters. The van der Waals surface area contributed by atoms with Gasteiger partial charge in [-0.25, -0.2) is 0 Å². The number of carboxylic acids is 1. The summed E-state index contributed by atoms with van der Waals surface area (Å²) in [4.78, 5) is 53.3. The second-order valence-electron chi connectivity index (χ2n) is 8.91. The number of aromatic nitrogens is 1. The number of nitrogens with two attached hydrogens (primary N) is 1. The Morgan fingerprint density at radius 1 is 0.895 bits per heavy atom. The Kier molecular flexibility index (Phi) is 9.41. The third kappa shape index (κ3) is 7.31. The summed E-state index contributed by atoms with van der Waals surface area (Å²) in [6, 6.07) is 8.49. The lowest BCUT2D eigenvalue weighted by Gasteiger charge is -2.24. The number of phenolic OH excluding ortho intramolecular Hbond substituents is 1. The van der Waals surface area contributed by atoms with E-state index in [0.29, 0.717) is 11.1 Å². The third-order valence-electron chi connectivity index (χ3n) is 6.00. The molecule has 2 aromatic carbocycles. The Labute approximate surface area is 218 Å². The van der Waals surface area contributed by atoms with Crippen LogP contribution in [0.25, 0.3) is 10.9 Å². The molecule has 12 nitrogen and oxygen atoms in total. The number of rotatable bonds is 12. The first-order chi connectivity index (χ1) is 18.1. The minimum absolute atomic E-state index is 0.0110. The van der Waals surface area contributed by atoms with Gasteiger partial charge < -0.3 is 42.0 Å². The van der Waals surface area contributed by atoms with Crippen LogP contribution in [0.5, 0.6) is 5.75 Å². The van der Waals surface area contributed by atoms with Crippen LogP contribution in [0, 0.1) is 0 Å². The Morgan fingerprint density at radius 3 is 2.16 bits per heavy atom. The van der Waals surface area contributed by atoms with Gasteiger partial charge in [-0.05, 0) is 36.2 Å². The van der Waals surface area contributed by atoms with Crippen molar-refractivity contribution in [3.63, 3.8) is 0 Å². The van der Waals surface area contributed by atoms with Gasteiger partial charge in [-0.15, -0.1) is 0 Å². The molecular formula is C26H31N5O7. The van der Waals surface area contributed by atoms with Crippen molar-refractivity contribution in [1.29, 1.82) is 0 Å². The fourth-order valence-corrected chi connectivity index (χ4v) is 3.82. The minimum Gasteiger partial charge on any atom is -0.508 e. The van der Waals surface area contributed by atoms with Crippen molar-refractivity contribution >= 4 is 34.6 Å². The molecule has 0 fully saturated rings. The van der Waals surface area contributed by atoms with Crippen molar-refractivity contribution in [3.05, 3.63) is 65.9 Å². The number of aromatic amines is 1. The molecular weight excluding hydrogens is 494 g/mol. The average Bonchev–Trinajstić information content (AvgIpc) is 3.31. The molecule has 0 spiro atoms. The molecule has 1 aromatic heterocycles. The van der Waals surface area contributed by atoms with Crippen LogP contribution in [0.2, 0.25) is 0 Å². The molecule has 0 aliphatic heterocycles. The van der Waals surface area contributed by atoms with Crippen LogP contribution in [-0.2, 0) is 32.0 Å². The Bertz CT molecular complexity index is 1290. The summed E-state index contributed by atoms with van der Waals surface area (Å²) in [6.07, 6.45) is 1.72. The number of carbonyl (C=O) groups is 4. The van der Waals surface area contributed by atoms with E-state index in [1.165, 1.54) is 19.1 Å². The second kappa shape index (κ2) is 12.7. The number of H-pyrrole nitrogens is 1. The quantitative estimate of drug-likeness (QED) is 0.155. The topological polar surface area (TPSA) is 207 Å². The molecule has 9 N–H and O–H groups in total. The van der Waals surface area contributed by atoms with E-state index in [1.54, 1.807) is 18.3 Å². The zero-order valence-corrected chi connectivity index (χ0v) is 20.7. The molecule has 0 saturated carbocycles. The molecule has 1 heterocycles. The molecule has 38 heavy (non-hydrogen) atoms. The number of benzene rings is 2. The molecule has 202 valence electrons. The lowest BCUT2D eigenvalue weighted by molar-refractivity contribution is -0.141. The number of aromatic hydroxyl groups is 1. The molecule has 3 amide bonds. The Morgan fingerprint density at radius 2 is 1.50 bits per heavy atom. The number of para-hydroxylation sites is 1. The number of aliphatic carboxylic acids is 1. The van der Waals surface area contributed by atoms with E-state index < -0.39 is 54.5 Å². The monoisotopic (exact) mass is 525 g/mol. The normalized spacial score (nSPS) is 14.2. The molecule has 0 aliphatic carbocycles. The van der Waals surface area contributed by atoms with Gasteiger partial charge in [0.15, 0.2) is 0 Å². The van der Waals surface area contributed by atoms with Crippen molar-refractivity contribution in [3.8, 4) is 5.75 Å². The van der Waals surface area contributed by atoms with E-state index in [-0.39, 0.29) is 18.6 Å². The number of fused-ring (bicyclic) bond motifs is 1. The number of aliphatic hydroxyl groups is 1. The standard InChI is InChI=1S/C26H31N5O7/c1-14(26(37)38)29-24(35)22(11-16-12-28-20-5-3-2-4-18(16)20)31-25(36)21(30-23(34)19(27)13-32)10-15-6-8-17(33)9-7-15/h2-9,12,14,19,21-22,28,32-33H,10-11,13,27H2,1H3,(H,29,35)(H,30,34)(H,31,36)(H,37,38). The van der Waals surface area contributed by atoms with Gasteiger partial charge >= 0.3 is 5.97 Å². The van der Waals surface area contributed by atoms with Crippen LogP contribution >= 0.6 is 0 Å². The van der Waals surface area contributed by atoms with Crippen molar-refractivity contribution in [2.24, 2.45) is 5.73 Å². The van der Waals surface area contributed by atoms with Crippen molar-refractivity contribution < 1.29 is 34.5 Å². The number of phenols is 1. The third-order valence-corrected chi connectivity index (χ3v) is 6.00. The predicted molar refractivity (Wildman–Crippen MR) is 138 cm³/mol. The van der Waals surface area contributed by atoms with Gasteiger partial charge in [0.2, 0.25) is 17.7 Å². The van der Waals surface area contributed by atoms with E-state index in [2.05, 4.69) is 20.9 Å². The van der Waals surface area contributed by atoms with E-state index >= 15 is 0 Å². The van der Waals surface area contributed by atoms with E-state index in [1.807, 2.05) is 24.3 Å². The number of carboxylic acid groups (broad SMARTS) is 1. The molecule has 0 aliphatic rings. The summed E-state index contributed by atoms with van der Waals surface area (Å²) in [5, 5.41) is 36.4. The van der Waals surface area contributed by atoms with Crippen molar-refractivity contribution in [2.75, 3.05) is 6.61 Å². The van der Waals surface area contributed by atoms with Gasteiger partial charge in [0.05, 0.1) is 6.61 Å². The number of aliphatic hydroxyl groups excluding tert-OH is 1. The zero-order valence-electron chi connectivity index (χ0n) is 20.7. The summed E-state index contributed by atoms with van der Waals surface area (Å²) in [5.74, 6) is -3.45. The molecule has 0 bridgehead atoms. The van der Waals surface area contributed by atoms with E-state index in [4.69, 9.17) is 5.73 Å². The fraction of sp³-hybridized carbons (Fsp3) is 0.308. The molecule has 0 saturated heterocycles. The number of carbonyl (C=O) groups excluding carboxylic acids is 3. The number of hydrogen-bond donors (Lipinski definition) is 8. The summed E-state index contributed by atoms with van der Waals surface area (Å²) in [6.45, 7) is 0.660. The van der Waals surface area contributed by atoms with Crippen LogP contribution in [0.3, 0.4) is 0 Å². The maximum absolute atomic E-state index is 13.4. The molecule has 4 unspecified atom stereocenters. The van der Waals surface area contributed by atoms with Crippen molar-refractivity contribution in [2.45, 2.75) is 43.9 Å². The van der Waals surface area contributed by atoms with E-state index in [0.717, 1.165) is 10.9 Å². The summed E-state index contributed by atoms with van der Waals surface area (Å²) >= 11 is 0. The highest BCUT2D eigenvalue weighted by Gasteiger charge is 2.30. The first-order valence-electron chi connectivity index (χ1n) is 11.9. The summed E-state index contributed by atoms with van der Waals surface area (Å²) < 4.78 is 0. The SMILES string of the molecule is CC(NC(=O)C(Cc1c[nH]c2ccccc12)NC(=O)C(Cc1ccc(O)cc1)NC(=O)C(N)CO)C(=O)O. The zero-order chi connectivity index (χ0) is 27.8. The smallest absolute Gasteiger partial charge is 0.325 e. The highest BCUT2D eigenvalue weighted by atomic mass is 16.4. The van der Waals surface area contributed by atoms with Crippen LogP contribution in [0.4, 0.5) is 0 Å². The Hall–Kier alpha value is -4.42. The first kappa shape index (κ1) is 28.2. The average molecular weight is 526 g/mol. The largest absolute Gasteiger partial charge is 0.508 e. The first-order valence-corrected chi connectivity index (χ1v) is 11.9. The molecule has 3 aromatic rings. The van der Waals surface area contributed by atoms with Gasteiger partial charge in [0.1, 0.15) is 29.9 Å².